The molecule has 4 aromatic rings. The van der Waals surface area contributed by atoms with E-state index in [2.05, 4.69) is 23.7 Å². The van der Waals surface area contributed by atoms with Gasteiger partial charge < -0.3 is 14.6 Å². The fraction of sp³-hybridized carbons (Fsp3) is 0.304. The van der Waals surface area contributed by atoms with Gasteiger partial charge in [-0.1, -0.05) is 43.4 Å². The highest BCUT2D eigenvalue weighted by Gasteiger charge is 2.24. The highest BCUT2D eigenvalue weighted by atomic mass is 32.1. The van der Waals surface area contributed by atoms with Crippen LogP contribution in [0.5, 0.6) is 5.75 Å². The van der Waals surface area contributed by atoms with Crippen molar-refractivity contribution in [3.63, 3.8) is 0 Å². The first-order valence-electron chi connectivity index (χ1n) is 10.2. The number of rotatable bonds is 8. The topological polar surface area (TPSA) is 61.5 Å². The maximum Gasteiger partial charge on any atom is 0.262 e. The van der Waals surface area contributed by atoms with E-state index in [1.807, 2.05) is 47.4 Å². The van der Waals surface area contributed by atoms with E-state index in [4.69, 9.17) is 9.72 Å². The minimum absolute atomic E-state index is 0.0365. The summed E-state index contributed by atoms with van der Waals surface area (Å²) in [6.45, 7) is 7.54. The number of aromatic amines is 1. The van der Waals surface area contributed by atoms with Gasteiger partial charge in [-0.15, -0.1) is 0 Å². The average molecular weight is 423 g/mol. The molecule has 0 atom stereocenters. The Morgan fingerprint density at radius 1 is 1.13 bits per heavy atom. The molecule has 1 amide bonds. The summed E-state index contributed by atoms with van der Waals surface area (Å²) >= 11 is 1.52. The number of nitrogens with zero attached hydrogens (tertiary/aromatic N) is 3. The van der Waals surface area contributed by atoms with Crippen LogP contribution in [-0.4, -0.2) is 54.1 Å². The van der Waals surface area contributed by atoms with Crippen LogP contribution in [0.4, 0.5) is 5.13 Å². The van der Waals surface area contributed by atoms with E-state index in [0.717, 1.165) is 46.5 Å². The molecule has 0 radical (unpaired) electrons. The molecule has 30 heavy (non-hydrogen) atoms. The molecule has 4 rings (SSSR count). The zero-order valence-electron chi connectivity index (χ0n) is 17.5. The van der Waals surface area contributed by atoms with Crippen molar-refractivity contribution >= 4 is 43.5 Å². The van der Waals surface area contributed by atoms with Crippen molar-refractivity contribution in [1.82, 2.24) is 14.9 Å². The van der Waals surface area contributed by atoms with Gasteiger partial charge in [0, 0.05) is 30.2 Å². The Bertz CT molecular complexity index is 1160. The molecule has 0 aliphatic heterocycles. The van der Waals surface area contributed by atoms with Crippen molar-refractivity contribution in [2.75, 3.05) is 38.2 Å². The minimum atomic E-state index is -0.0365. The number of hydrogen-bond donors (Lipinski definition) is 1. The van der Waals surface area contributed by atoms with E-state index in [1.165, 1.54) is 11.3 Å². The number of aromatic nitrogens is 2. The number of benzene rings is 2. The number of methoxy groups -OCH3 is 1. The van der Waals surface area contributed by atoms with Gasteiger partial charge in [-0.05, 0) is 37.4 Å². The zero-order valence-corrected chi connectivity index (χ0v) is 18.3. The normalized spacial score (nSPS) is 11.5. The Morgan fingerprint density at radius 3 is 2.70 bits per heavy atom. The lowest BCUT2D eigenvalue weighted by Crippen LogP contribution is -2.38. The van der Waals surface area contributed by atoms with Crippen LogP contribution in [0.15, 0.2) is 48.7 Å². The summed E-state index contributed by atoms with van der Waals surface area (Å²) in [7, 11) is 1.65. The molecule has 2 aromatic carbocycles. The first-order valence-corrected chi connectivity index (χ1v) is 11.0. The van der Waals surface area contributed by atoms with Crippen LogP contribution in [0.25, 0.3) is 21.1 Å². The molecule has 0 spiro atoms. The Morgan fingerprint density at radius 2 is 1.93 bits per heavy atom. The van der Waals surface area contributed by atoms with Crippen molar-refractivity contribution in [3.05, 3.63) is 54.2 Å². The van der Waals surface area contributed by atoms with E-state index in [0.29, 0.717) is 17.2 Å². The number of ether oxygens (including phenoxy) is 1. The number of carbonyl (C=O) groups is 1. The number of anilines is 1. The number of fused-ring (bicyclic) bond motifs is 2. The highest BCUT2D eigenvalue weighted by Crippen LogP contribution is 2.33. The quantitative estimate of drug-likeness (QED) is 0.444. The molecule has 0 saturated carbocycles. The number of thiazole rings is 1. The number of hydrogen-bond acceptors (Lipinski definition) is 5. The molecule has 156 valence electrons. The van der Waals surface area contributed by atoms with Gasteiger partial charge >= 0.3 is 0 Å². The smallest absolute Gasteiger partial charge is 0.262 e. The third kappa shape index (κ3) is 3.91. The lowest BCUT2D eigenvalue weighted by atomic mass is 10.1. The first kappa shape index (κ1) is 20.4. The van der Waals surface area contributed by atoms with E-state index in [1.54, 1.807) is 13.3 Å². The number of likely N-dealkylation sites (N-methyl/N-ethyl adjacent to an activating group) is 1. The van der Waals surface area contributed by atoms with Gasteiger partial charge in [0.2, 0.25) is 0 Å². The van der Waals surface area contributed by atoms with Crippen LogP contribution in [0.3, 0.4) is 0 Å². The van der Waals surface area contributed by atoms with Gasteiger partial charge in [0.15, 0.2) is 5.13 Å². The summed E-state index contributed by atoms with van der Waals surface area (Å²) < 4.78 is 6.35. The van der Waals surface area contributed by atoms with Crippen LogP contribution >= 0.6 is 11.3 Å². The molecule has 2 aromatic heterocycles. The first-order chi connectivity index (χ1) is 14.6. The summed E-state index contributed by atoms with van der Waals surface area (Å²) in [6.07, 6.45) is 1.80. The summed E-state index contributed by atoms with van der Waals surface area (Å²) in [4.78, 5) is 25.7. The number of H-pyrrole nitrogens is 1. The van der Waals surface area contributed by atoms with Crippen molar-refractivity contribution < 1.29 is 9.53 Å². The molecule has 0 aliphatic carbocycles. The zero-order chi connectivity index (χ0) is 21.1. The Balaban J connectivity index is 1.73. The molecule has 0 bridgehead atoms. The van der Waals surface area contributed by atoms with Crippen molar-refractivity contribution in [1.29, 1.82) is 0 Å². The molecule has 7 heteroatoms. The summed E-state index contributed by atoms with van der Waals surface area (Å²) in [6, 6.07) is 13.7. The molecule has 0 fully saturated rings. The van der Waals surface area contributed by atoms with E-state index in [-0.39, 0.29) is 5.91 Å². The van der Waals surface area contributed by atoms with Gasteiger partial charge in [0.1, 0.15) is 5.75 Å². The van der Waals surface area contributed by atoms with Gasteiger partial charge in [0.25, 0.3) is 5.91 Å². The third-order valence-corrected chi connectivity index (χ3v) is 6.46. The molecule has 2 heterocycles. The maximum atomic E-state index is 13.6. The Kier molecular flexibility index (Phi) is 6.01. The Labute approximate surface area is 180 Å². The number of carbonyl (C=O) groups excluding carboxylic acids is 1. The second kappa shape index (κ2) is 8.85. The van der Waals surface area contributed by atoms with Crippen LogP contribution in [0.1, 0.15) is 24.2 Å². The van der Waals surface area contributed by atoms with Gasteiger partial charge in [-0.3, -0.25) is 9.69 Å². The van der Waals surface area contributed by atoms with Gasteiger partial charge in [-0.2, -0.15) is 0 Å². The largest absolute Gasteiger partial charge is 0.497 e. The molecule has 6 nitrogen and oxygen atoms in total. The highest BCUT2D eigenvalue weighted by molar-refractivity contribution is 7.22. The average Bonchev–Trinajstić information content (AvgIpc) is 3.40. The SMILES string of the molecule is CCN(CC)CCN(C(=O)c1c[nH]c2ccccc12)c1nc2ccc(OC)cc2s1. The fourth-order valence-electron chi connectivity index (χ4n) is 3.59. The van der Waals surface area contributed by atoms with Gasteiger partial charge in [-0.25, -0.2) is 4.98 Å². The van der Waals surface area contributed by atoms with Crippen molar-refractivity contribution in [2.24, 2.45) is 0 Å². The van der Waals surface area contributed by atoms with E-state index >= 15 is 0 Å². The second-order valence-electron chi connectivity index (χ2n) is 7.06. The number of amides is 1. The molecule has 0 unspecified atom stereocenters. The third-order valence-electron chi connectivity index (χ3n) is 5.41. The monoisotopic (exact) mass is 422 g/mol. The van der Waals surface area contributed by atoms with E-state index < -0.39 is 0 Å². The van der Waals surface area contributed by atoms with Crippen LogP contribution in [0, 0.1) is 0 Å². The second-order valence-corrected chi connectivity index (χ2v) is 8.07. The minimum Gasteiger partial charge on any atom is -0.497 e. The molecule has 0 aliphatic rings. The number of nitrogens with one attached hydrogen (secondary N) is 1. The molecule has 0 saturated heterocycles. The predicted molar refractivity (Wildman–Crippen MR) is 124 cm³/mol. The van der Waals surface area contributed by atoms with Crippen LogP contribution in [0.2, 0.25) is 0 Å². The van der Waals surface area contributed by atoms with Crippen LogP contribution in [-0.2, 0) is 0 Å². The fourth-order valence-corrected chi connectivity index (χ4v) is 4.61. The maximum absolute atomic E-state index is 13.6. The molecular weight excluding hydrogens is 396 g/mol. The summed E-state index contributed by atoms with van der Waals surface area (Å²) in [5.74, 6) is 0.751. The summed E-state index contributed by atoms with van der Waals surface area (Å²) in [5.41, 5.74) is 2.50. The van der Waals surface area contributed by atoms with Gasteiger partial charge in [0.05, 0.1) is 22.9 Å². The van der Waals surface area contributed by atoms with Crippen molar-refractivity contribution in [3.8, 4) is 5.75 Å². The number of para-hydroxylation sites is 1. The predicted octanol–water partition coefficient (Wildman–Crippen LogP) is 4.77. The van der Waals surface area contributed by atoms with E-state index in [9.17, 15) is 4.79 Å². The molecular formula is C23H26N4O2S. The standard InChI is InChI=1S/C23H26N4O2S/c1-4-26(5-2)12-13-27(22(28)18-15-24-19-9-7-6-8-17(18)19)23-25-20-11-10-16(29-3)14-21(20)30-23/h6-11,14-15,24H,4-5,12-13H2,1-3H3. The van der Waals surface area contributed by atoms with Crippen LogP contribution < -0.4 is 9.64 Å². The lowest BCUT2D eigenvalue weighted by Gasteiger charge is -2.24. The molecule has 1 N–H and O–H groups in total. The Hall–Kier alpha value is -2.90. The lowest BCUT2D eigenvalue weighted by molar-refractivity contribution is 0.0985. The van der Waals surface area contributed by atoms with Crippen molar-refractivity contribution in [2.45, 2.75) is 13.8 Å². The summed E-state index contributed by atoms with van der Waals surface area (Å²) in [5, 5.41) is 1.64.